The van der Waals surface area contributed by atoms with E-state index in [1.54, 1.807) is 13.0 Å². The summed E-state index contributed by atoms with van der Waals surface area (Å²) in [6, 6.07) is -1.29. The van der Waals surface area contributed by atoms with Crippen molar-refractivity contribution in [2.75, 3.05) is 33.4 Å². The number of nitrogens with two attached hydrogens (primary N) is 1. The minimum absolute atomic E-state index is 0.194. The molecule has 0 fully saturated rings. The third-order valence-corrected chi connectivity index (χ3v) is 2.03. The number of hydrogen-bond acceptors (Lipinski definition) is 5. The second-order valence-electron chi connectivity index (χ2n) is 3.30. The van der Waals surface area contributed by atoms with Gasteiger partial charge < -0.3 is 20.1 Å². The van der Waals surface area contributed by atoms with E-state index in [-0.39, 0.29) is 6.61 Å². The second kappa shape index (κ2) is 8.72. The standard InChI is InChI=1S/C11H20N2O4/c1-4-6-13(7-8-16-3)10(14)9(12)11(15)17-5-2/h4,9H,1,5-8,12H2,2-3H3. The van der Waals surface area contributed by atoms with Crippen LogP contribution in [-0.4, -0.2) is 56.2 Å². The van der Waals surface area contributed by atoms with Gasteiger partial charge in [0.15, 0.2) is 6.04 Å². The fraction of sp³-hybridized carbons (Fsp3) is 0.636. The average molecular weight is 244 g/mol. The quantitative estimate of drug-likeness (QED) is 0.355. The van der Waals surface area contributed by atoms with E-state index in [0.717, 1.165) is 0 Å². The molecule has 0 aliphatic heterocycles. The molecule has 0 aromatic carbocycles. The highest BCUT2D eigenvalue weighted by Crippen LogP contribution is 1.97. The molecule has 6 nitrogen and oxygen atoms in total. The van der Waals surface area contributed by atoms with Crippen molar-refractivity contribution < 1.29 is 19.1 Å². The largest absolute Gasteiger partial charge is 0.464 e. The van der Waals surface area contributed by atoms with Gasteiger partial charge in [0.25, 0.3) is 5.91 Å². The highest BCUT2D eigenvalue weighted by Gasteiger charge is 2.27. The van der Waals surface area contributed by atoms with Crippen LogP contribution in [0, 0.1) is 0 Å². The number of carbonyl (C=O) groups excluding carboxylic acids is 2. The summed E-state index contributed by atoms with van der Waals surface area (Å²) in [7, 11) is 1.53. The van der Waals surface area contributed by atoms with Gasteiger partial charge in [0.1, 0.15) is 0 Å². The molecule has 2 N–H and O–H groups in total. The highest BCUT2D eigenvalue weighted by molar-refractivity contribution is 6.01. The van der Waals surface area contributed by atoms with Crippen molar-refractivity contribution in [2.45, 2.75) is 13.0 Å². The van der Waals surface area contributed by atoms with E-state index in [1.165, 1.54) is 12.0 Å². The molecule has 0 aliphatic rings. The van der Waals surface area contributed by atoms with Gasteiger partial charge in [-0.25, -0.2) is 4.79 Å². The van der Waals surface area contributed by atoms with Crippen molar-refractivity contribution in [1.29, 1.82) is 0 Å². The third-order valence-electron chi connectivity index (χ3n) is 2.03. The highest BCUT2D eigenvalue weighted by atomic mass is 16.5. The Bertz CT molecular complexity index is 268. The van der Waals surface area contributed by atoms with Crippen LogP contribution in [0.15, 0.2) is 12.7 Å². The summed E-state index contributed by atoms with van der Waals surface area (Å²) in [5.41, 5.74) is 5.51. The summed E-state index contributed by atoms with van der Waals surface area (Å²) in [6.07, 6.45) is 1.56. The molecule has 0 aliphatic carbocycles. The minimum atomic E-state index is -1.29. The summed E-state index contributed by atoms with van der Waals surface area (Å²) in [5.74, 6) is -1.20. The summed E-state index contributed by atoms with van der Waals surface area (Å²) < 4.78 is 9.56. The SMILES string of the molecule is C=CCN(CCOC)C(=O)C(N)C(=O)OCC. The summed E-state index contributed by atoms with van der Waals surface area (Å²) in [5, 5.41) is 0. The zero-order valence-electron chi connectivity index (χ0n) is 10.3. The lowest BCUT2D eigenvalue weighted by molar-refractivity contribution is -0.150. The number of hydrogen-bond donors (Lipinski definition) is 1. The van der Waals surface area contributed by atoms with Gasteiger partial charge in [-0.3, -0.25) is 4.79 Å². The Hall–Kier alpha value is -1.40. The van der Waals surface area contributed by atoms with Crippen LogP contribution >= 0.6 is 0 Å². The first-order valence-electron chi connectivity index (χ1n) is 5.39. The molecule has 0 spiro atoms. The maximum absolute atomic E-state index is 11.9. The first-order valence-corrected chi connectivity index (χ1v) is 5.39. The van der Waals surface area contributed by atoms with Gasteiger partial charge in [-0.2, -0.15) is 0 Å². The van der Waals surface area contributed by atoms with Crippen molar-refractivity contribution in [3.63, 3.8) is 0 Å². The second-order valence-corrected chi connectivity index (χ2v) is 3.30. The number of methoxy groups -OCH3 is 1. The predicted molar refractivity (Wildman–Crippen MR) is 63.3 cm³/mol. The molecule has 1 unspecified atom stereocenters. The minimum Gasteiger partial charge on any atom is -0.464 e. The normalized spacial score (nSPS) is 11.7. The number of nitrogens with zero attached hydrogens (tertiary/aromatic N) is 1. The van der Waals surface area contributed by atoms with Gasteiger partial charge in [-0.05, 0) is 6.92 Å². The number of esters is 1. The van der Waals surface area contributed by atoms with Crippen LogP contribution in [0.4, 0.5) is 0 Å². The fourth-order valence-electron chi connectivity index (χ4n) is 1.18. The zero-order valence-corrected chi connectivity index (χ0v) is 10.3. The Morgan fingerprint density at radius 1 is 1.53 bits per heavy atom. The molecule has 98 valence electrons. The third kappa shape index (κ3) is 5.46. The number of rotatable bonds is 8. The van der Waals surface area contributed by atoms with Crippen molar-refractivity contribution in [3.8, 4) is 0 Å². The molecule has 0 bridgehead atoms. The van der Waals surface area contributed by atoms with Gasteiger partial charge in [-0.1, -0.05) is 6.08 Å². The van der Waals surface area contributed by atoms with Gasteiger partial charge in [0, 0.05) is 20.2 Å². The van der Waals surface area contributed by atoms with Crippen LogP contribution in [0.2, 0.25) is 0 Å². The van der Waals surface area contributed by atoms with Gasteiger partial charge >= 0.3 is 5.97 Å². The number of ether oxygens (including phenoxy) is 2. The molecule has 1 atom stereocenters. The van der Waals surface area contributed by atoms with Crippen molar-refractivity contribution in [3.05, 3.63) is 12.7 Å². The van der Waals surface area contributed by atoms with E-state index < -0.39 is 17.9 Å². The molecule has 0 radical (unpaired) electrons. The molecule has 0 rings (SSSR count). The van der Waals surface area contributed by atoms with Gasteiger partial charge in [-0.15, -0.1) is 6.58 Å². The predicted octanol–water partition coefficient (Wildman–Crippen LogP) is -0.462. The smallest absolute Gasteiger partial charge is 0.332 e. The number of carbonyl (C=O) groups is 2. The van der Waals surface area contributed by atoms with Crippen LogP contribution in [0.25, 0.3) is 0 Å². The lowest BCUT2D eigenvalue weighted by Crippen LogP contribution is -2.49. The maximum Gasteiger partial charge on any atom is 0.332 e. The Morgan fingerprint density at radius 2 is 2.18 bits per heavy atom. The van der Waals surface area contributed by atoms with Crippen molar-refractivity contribution in [1.82, 2.24) is 4.90 Å². The Kier molecular flexibility index (Phi) is 8.00. The monoisotopic (exact) mass is 244 g/mol. The Labute approximate surface area is 101 Å². The Balaban J connectivity index is 4.47. The van der Waals surface area contributed by atoms with E-state index in [4.69, 9.17) is 10.5 Å². The van der Waals surface area contributed by atoms with Gasteiger partial charge in [0.05, 0.1) is 13.2 Å². The van der Waals surface area contributed by atoms with Crippen LogP contribution < -0.4 is 5.73 Å². The van der Waals surface area contributed by atoms with Crippen LogP contribution in [0.1, 0.15) is 6.92 Å². The van der Waals surface area contributed by atoms with Crippen LogP contribution in [0.3, 0.4) is 0 Å². The summed E-state index contributed by atoms with van der Waals surface area (Å²) in [4.78, 5) is 24.6. The molecule has 0 saturated heterocycles. The molecular formula is C11H20N2O4. The first kappa shape index (κ1) is 15.6. The molecule has 1 amide bonds. The van der Waals surface area contributed by atoms with Crippen molar-refractivity contribution in [2.24, 2.45) is 5.73 Å². The van der Waals surface area contributed by atoms with Crippen LogP contribution in [0.5, 0.6) is 0 Å². The fourth-order valence-corrected chi connectivity index (χ4v) is 1.18. The number of amides is 1. The maximum atomic E-state index is 11.9. The molecular weight excluding hydrogens is 224 g/mol. The lowest BCUT2D eigenvalue weighted by Gasteiger charge is -2.23. The molecule has 0 aromatic heterocycles. The van der Waals surface area contributed by atoms with E-state index in [9.17, 15) is 9.59 Å². The zero-order chi connectivity index (χ0) is 13.3. The summed E-state index contributed by atoms with van der Waals surface area (Å²) >= 11 is 0. The molecule has 17 heavy (non-hydrogen) atoms. The van der Waals surface area contributed by atoms with Crippen molar-refractivity contribution >= 4 is 11.9 Å². The Morgan fingerprint density at radius 3 is 2.65 bits per heavy atom. The molecule has 0 saturated carbocycles. The average Bonchev–Trinajstić information content (AvgIpc) is 2.33. The van der Waals surface area contributed by atoms with Gasteiger partial charge in [0.2, 0.25) is 0 Å². The van der Waals surface area contributed by atoms with Crippen LogP contribution in [-0.2, 0) is 19.1 Å². The van der Waals surface area contributed by atoms with E-state index in [0.29, 0.717) is 19.7 Å². The topological polar surface area (TPSA) is 81.9 Å². The molecule has 0 aromatic rings. The van der Waals surface area contributed by atoms with E-state index in [1.807, 2.05) is 0 Å². The molecule has 6 heteroatoms. The first-order chi connectivity index (χ1) is 8.08. The molecule has 0 heterocycles. The van der Waals surface area contributed by atoms with E-state index >= 15 is 0 Å². The summed E-state index contributed by atoms with van der Waals surface area (Å²) in [6.45, 7) is 6.43. The lowest BCUT2D eigenvalue weighted by atomic mass is 10.2. The van der Waals surface area contributed by atoms with E-state index in [2.05, 4.69) is 11.3 Å².